The molecule has 0 aliphatic carbocycles. The Morgan fingerprint density at radius 3 is 2.50 bits per heavy atom. The molecule has 5 nitrogen and oxygen atoms in total. The quantitative estimate of drug-likeness (QED) is 0.678. The van der Waals surface area contributed by atoms with Crippen molar-refractivity contribution in [1.29, 1.82) is 0 Å². The minimum Gasteiger partial charge on any atom is -0.486 e. The highest BCUT2D eigenvalue weighted by atomic mass is 16.5. The van der Waals surface area contributed by atoms with Gasteiger partial charge in [-0.3, -0.25) is 4.79 Å². The zero-order valence-corrected chi connectivity index (χ0v) is 16.1. The van der Waals surface area contributed by atoms with Crippen molar-refractivity contribution in [3.05, 3.63) is 53.5 Å². The van der Waals surface area contributed by atoms with Crippen LogP contribution in [0.2, 0.25) is 0 Å². The molecule has 5 heteroatoms. The Balaban J connectivity index is 1.80. The maximum Gasteiger partial charge on any atom is 0.286 e. The average molecular weight is 359 g/mol. The molecule has 1 N–H and O–H groups in total. The van der Waals surface area contributed by atoms with Gasteiger partial charge in [-0.15, -0.1) is 0 Å². The predicted octanol–water partition coefficient (Wildman–Crippen LogP) is 4.31. The molecule has 0 spiro atoms. The summed E-state index contributed by atoms with van der Waals surface area (Å²) in [7, 11) is 0. The molecule has 0 aliphatic heterocycles. The van der Waals surface area contributed by atoms with Gasteiger partial charge in [0.25, 0.3) is 5.91 Å². The lowest BCUT2D eigenvalue weighted by atomic mass is 9.87. The highest BCUT2D eigenvalue weighted by Gasteiger charge is 2.14. The number of carbonyl (C=O) groups is 1. The maximum atomic E-state index is 12.0. The summed E-state index contributed by atoms with van der Waals surface area (Å²) in [5, 5.41) is 2.81. The van der Waals surface area contributed by atoms with E-state index in [2.05, 4.69) is 38.2 Å². The molecule has 0 aliphatic rings. The lowest BCUT2D eigenvalue weighted by Crippen LogP contribution is -2.24. The molecule has 0 bridgehead atoms. The molecule has 0 radical (unpaired) electrons. The summed E-state index contributed by atoms with van der Waals surface area (Å²) in [6.07, 6.45) is 0.779. The monoisotopic (exact) mass is 359 g/mol. The second kappa shape index (κ2) is 9.43. The summed E-state index contributed by atoms with van der Waals surface area (Å²) in [5.74, 6) is 1.46. The summed E-state index contributed by atoms with van der Waals surface area (Å²) in [6.45, 7) is 10.7. The highest BCUT2D eigenvalue weighted by Crippen LogP contribution is 2.24. The zero-order chi connectivity index (χ0) is 19.0. The zero-order valence-electron chi connectivity index (χ0n) is 16.1. The first-order valence-electron chi connectivity index (χ1n) is 9.08. The fraction of sp³-hybridized carbons (Fsp3) is 0.476. The molecule has 1 aromatic heterocycles. The van der Waals surface area contributed by atoms with E-state index in [9.17, 15) is 4.79 Å². The van der Waals surface area contributed by atoms with Crippen LogP contribution >= 0.6 is 0 Å². The van der Waals surface area contributed by atoms with Crippen molar-refractivity contribution < 1.29 is 18.7 Å². The highest BCUT2D eigenvalue weighted by molar-refractivity contribution is 5.91. The Hall–Kier alpha value is -2.27. The van der Waals surface area contributed by atoms with E-state index in [0.717, 1.165) is 12.2 Å². The molecular formula is C21H29NO4. The van der Waals surface area contributed by atoms with Crippen LogP contribution in [0.3, 0.4) is 0 Å². The van der Waals surface area contributed by atoms with Crippen molar-refractivity contribution in [2.24, 2.45) is 0 Å². The van der Waals surface area contributed by atoms with Crippen molar-refractivity contribution in [1.82, 2.24) is 5.32 Å². The van der Waals surface area contributed by atoms with Gasteiger partial charge in [0.1, 0.15) is 18.1 Å². The van der Waals surface area contributed by atoms with Crippen LogP contribution in [-0.4, -0.2) is 25.7 Å². The van der Waals surface area contributed by atoms with E-state index in [1.54, 1.807) is 12.1 Å². The van der Waals surface area contributed by atoms with Crippen LogP contribution in [-0.2, 0) is 16.8 Å². The predicted molar refractivity (Wildman–Crippen MR) is 102 cm³/mol. The third kappa shape index (κ3) is 6.23. The topological polar surface area (TPSA) is 60.7 Å². The van der Waals surface area contributed by atoms with E-state index in [1.807, 2.05) is 19.1 Å². The van der Waals surface area contributed by atoms with Crippen molar-refractivity contribution in [3.63, 3.8) is 0 Å². The van der Waals surface area contributed by atoms with Gasteiger partial charge < -0.3 is 19.2 Å². The van der Waals surface area contributed by atoms with Crippen molar-refractivity contribution in [2.45, 2.75) is 46.1 Å². The molecule has 26 heavy (non-hydrogen) atoms. The van der Waals surface area contributed by atoms with Gasteiger partial charge in [-0.05, 0) is 48.6 Å². The van der Waals surface area contributed by atoms with Gasteiger partial charge >= 0.3 is 0 Å². The minimum atomic E-state index is -0.220. The standard InChI is InChI=1S/C21H29NO4/c1-5-24-14-6-13-22-20(23)19-12-11-18(26-19)15-25-17-9-7-16(8-10-17)21(2,3)4/h7-12H,5-6,13-15H2,1-4H3,(H,22,23). The molecule has 0 saturated heterocycles. The molecule has 0 atom stereocenters. The molecule has 2 rings (SSSR count). The van der Waals surface area contributed by atoms with Gasteiger partial charge in [-0.1, -0.05) is 32.9 Å². The molecule has 1 heterocycles. The Morgan fingerprint density at radius 1 is 1.12 bits per heavy atom. The van der Waals surface area contributed by atoms with Gasteiger partial charge in [0.2, 0.25) is 0 Å². The van der Waals surface area contributed by atoms with Crippen molar-refractivity contribution in [2.75, 3.05) is 19.8 Å². The molecular weight excluding hydrogens is 330 g/mol. The maximum absolute atomic E-state index is 12.0. The van der Waals surface area contributed by atoms with Gasteiger partial charge in [0.15, 0.2) is 5.76 Å². The van der Waals surface area contributed by atoms with Crippen LogP contribution in [0.1, 0.15) is 56.0 Å². The molecule has 142 valence electrons. The average Bonchev–Trinajstić information content (AvgIpc) is 3.08. The Labute approximate surface area is 155 Å². The first-order valence-corrected chi connectivity index (χ1v) is 9.08. The lowest BCUT2D eigenvalue weighted by Gasteiger charge is -2.19. The molecule has 1 amide bonds. The number of furan rings is 1. The van der Waals surface area contributed by atoms with Crippen LogP contribution in [0.15, 0.2) is 40.8 Å². The van der Waals surface area contributed by atoms with Gasteiger partial charge in [-0.25, -0.2) is 0 Å². The normalized spacial score (nSPS) is 11.4. The molecule has 0 saturated carbocycles. The van der Waals surface area contributed by atoms with Crippen LogP contribution in [0.5, 0.6) is 5.75 Å². The van der Waals surface area contributed by atoms with Crippen molar-refractivity contribution in [3.8, 4) is 5.75 Å². The molecule has 0 unspecified atom stereocenters. The Bertz CT molecular complexity index is 683. The number of ether oxygens (including phenoxy) is 2. The van der Waals surface area contributed by atoms with Gasteiger partial charge in [0, 0.05) is 19.8 Å². The second-order valence-electron chi connectivity index (χ2n) is 7.14. The van der Waals surface area contributed by atoms with Gasteiger partial charge in [0.05, 0.1) is 0 Å². The SMILES string of the molecule is CCOCCCNC(=O)c1ccc(COc2ccc(C(C)(C)C)cc2)o1. The Morgan fingerprint density at radius 2 is 1.85 bits per heavy atom. The summed E-state index contributed by atoms with van der Waals surface area (Å²) < 4.78 is 16.5. The van der Waals surface area contributed by atoms with Gasteiger partial charge in [-0.2, -0.15) is 0 Å². The van der Waals surface area contributed by atoms with Crippen LogP contribution in [0.4, 0.5) is 0 Å². The lowest BCUT2D eigenvalue weighted by molar-refractivity contribution is 0.0913. The first kappa shape index (κ1) is 20.0. The number of nitrogens with one attached hydrogen (secondary N) is 1. The summed E-state index contributed by atoms with van der Waals surface area (Å²) in [4.78, 5) is 12.0. The van der Waals surface area contributed by atoms with E-state index in [1.165, 1.54) is 5.56 Å². The molecule has 1 aromatic carbocycles. The summed E-state index contributed by atoms with van der Waals surface area (Å²) in [6, 6.07) is 11.5. The van der Waals surface area contributed by atoms with Crippen LogP contribution in [0, 0.1) is 0 Å². The number of amides is 1. The second-order valence-corrected chi connectivity index (χ2v) is 7.14. The van der Waals surface area contributed by atoms with E-state index in [0.29, 0.717) is 31.3 Å². The largest absolute Gasteiger partial charge is 0.486 e. The summed E-state index contributed by atoms with van der Waals surface area (Å²) >= 11 is 0. The number of hydrogen-bond acceptors (Lipinski definition) is 4. The first-order chi connectivity index (χ1) is 12.4. The minimum absolute atomic E-state index is 0.116. The fourth-order valence-electron chi connectivity index (χ4n) is 2.39. The van der Waals surface area contributed by atoms with E-state index in [-0.39, 0.29) is 17.9 Å². The fourth-order valence-corrected chi connectivity index (χ4v) is 2.39. The van der Waals surface area contributed by atoms with Crippen molar-refractivity contribution >= 4 is 5.91 Å². The number of rotatable bonds is 9. The van der Waals surface area contributed by atoms with E-state index in [4.69, 9.17) is 13.9 Å². The van der Waals surface area contributed by atoms with E-state index < -0.39 is 0 Å². The number of hydrogen-bond donors (Lipinski definition) is 1. The van der Waals surface area contributed by atoms with E-state index >= 15 is 0 Å². The summed E-state index contributed by atoms with van der Waals surface area (Å²) in [5.41, 5.74) is 1.37. The van der Waals surface area contributed by atoms with Crippen LogP contribution < -0.4 is 10.1 Å². The molecule has 2 aromatic rings. The van der Waals surface area contributed by atoms with Crippen LogP contribution in [0.25, 0.3) is 0 Å². The third-order valence-electron chi connectivity index (χ3n) is 3.94. The third-order valence-corrected chi connectivity index (χ3v) is 3.94. The number of benzene rings is 1. The molecule has 0 fully saturated rings. The Kier molecular flexibility index (Phi) is 7.27. The smallest absolute Gasteiger partial charge is 0.286 e. The number of carbonyl (C=O) groups excluding carboxylic acids is 1.